The quantitative estimate of drug-likeness (QED) is 0.472. The van der Waals surface area contributed by atoms with E-state index in [1.54, 1.807) is 24.8 Å². The number of hydrogen-bond acceptors (Lipinski definition) is 10. The molecule has 1 saturated heterocycles. The molecular weight excluding hydrogens is 410 g/mol. The van der Waals surface area contributed by atoms with E-state index in [0.717, 1.165) is 24.6 Å². The molecule has 0 spiro atoms. The number of nitrogens with two attached hydrogens (primary N) is 1. The first kappa shape index (κ1) is 19.7. The smallest absolute Gasteiger partial charge is 0.339 e. The van der Waals surface area contributed by atoms with Gasteiger partial charge in [-0.3, -0.25) is 9.55 Å². The summed E-state index contributed by atoms with van der Waals surface area (Å²) in [5.74, 6) is 1.33. The first-order valence-corrected chi connectivity index (χ1v) is 10.1. The number of esters is 1. The second-order valence-corrected chi connectivity index (χ2v) is 7.27. The number of piperazine rings is 1. The van der Waals surface area contributed by atoms with Crippen molar-refractivity contribution in [1.29, 1.82) is 0 Å². The van der Waals surface area contributed by atoms with Crippen LogP contribution in [-0.2, 0) is 4.74 Å². The molecule has 0 bridgehead atoms. The monoisotopic (exact) mass is 431 g/mol. The number of pyridine rings is 2. The molecule has 0 unspecified atom stereocenters. The lowest BCUT2D eigenvalue weighted by Gasteiger charge is -2.35. The van der Waals surface area contributed by atoms with Crippen molar-refractivity contribution in [1.82, 2.24) is 29.5 Å². The molecule has 0 atom stereocenters. The van der Waals surface area contributed by atoms with Gasteiger partial charge in [-0.2, -0.15) is 9.97 Å². The minimum absolute atomic E-state index is 0.348. The molecule has 0 saturated carbocycles. The maximum Gasteiger partial charge on any atom is 0.339 e. The zero-order valence-corrected chi connectivity index (χ0v) is 17.4. The zero-order chi connectivity index (χ0) is 22.1. The van der Waals surface area contributed by atoms with Crippen molar-refractivity contribution < 1.29 is 9.53 Å². The molecule has 2 N–H and O–H groups in total. The fourth-order valence-corrected chi connectivity index (χ4v) is 3.69. The largest absolute Gasteiger partial charge is 0.465 e. The second-order valence-electron chi connectivity index (χ2n) is 7.27. The van der Waals surface area contributed by atoms with Crippen LogP contribution in [0.25, 0.3) is 16.9 Å². The Hall–Kier alpha value is -4.28. The summed E-state index contributed by atoms with van der Waals surface area (Å²) in [5, 5.41) is 0. The van der Waals surface area contributed by atoms with Crippen LogP contribution < -0.4 is 15.5 Å². The molecule has 4 aromatic heterocycles. The van der Waals surface area contributed by atoms with E-state index in [4.69, 9.17) is 15.5 Å². The zero-order valence-electron chi connectivity index (χ0n) is 17.4. The number of aromatic nitrogens is 6. The van der Waals surface area contributed by atoms with Gasteiger partial charge < -0.3 is 20.3 Å². The summed E-state index contributed by atoms with van der Waals surface area (Å²) in [6.07, 6.45) is 6.66. The highest BCUT2D eigenvalue weighted by atomic mass is 16.5. The molecule has 1 fully saturated rings. The minimum Gasteiger partial charge on any atom is -0.465 e. The first-order chi connectivity index (χ1) is 15.6. The third-order valence-corrected chi connectivity index (χ3v) is 5.41. The fraction of sp³-hybridized carbons (Fsp3) is 0.238. The minimum atomic E-state index is -0.398. The van der Waals surface area contributed by atoms with E-state index in [1.165, 1.54) is 13.3 Å². The molecule has 5 heterocycles. The number of imidazole rings is 1. The van der Waals surface area contributed by atoms with Gasteiger partial charge in [0, 0.05) is 44.8 Å². The van der Waals surface area contributed by atoms with Crippen LogP contribution in [0.15, 0.2) is 49.2 Å². The fourth-order valence-electron chi connectivity index (χ4n) is 3.69. The average Bonchev–Trinajstić information content (AvgIpc) is 3.29. The third kappa shape index (κ3) is 3.53. The predicted octanol–water partition coefficient (Wildman–Crippen LogP) is 1.30. The maximum absolute atomic E-state index is 11.6. The van der Waals surface area contributed by atoms with E-state index in [1.807, 2.05) is 22.8 Å². The molecule has 32 heavy (non-hydrogen) atoms. The van der Waals surface area contributed by atoms with E-state index < -0.39 is 5.97 Å². The number of fused-ring (bicyclic) bond motifs is 1. The molecule has 11 nitrogen and oxygen atoms in total. The standard InChI is InChI=1S/C21H21N9O2/c1-32-20(31)14-2-3-16(24-12-14)28-8-10-29(11-9-28)21-26-18(22)17-19(27-21)30(13-25-17)15-4-6-23-7-5-15/h2-7,12-13H,8-11H2,1H3,(H2,22,26,27). The summed E-state index contributed by atoms with van der Waals surface area (Å²) in [6, 6.07) is 7.32. The second kappa shape index (κ2) is 8.10. The molecule has 4 aromatic rings. The van der Waals surface area contributed by atoms with Crippen molar-refractivity contribution >= 4 is 34.7 Å². The van der Waals surface area contributed by atoms with Crippen molar-refractivity contribution in [3.63, 3.8) is 0 Å². The van der Waals surface area contributed by atoms with Crippen LogP contribution in [-0.4, -0.2) is 68.7 Å². The molecule has 11 heteroatoms. The summed E-state index contributed by atoms with van der Waals surface area (Å²) < 4.78 is 6.60. The van der Waals surface area contributed by atoms with Crippen molar-refractivity contribution in [2.45, 2.75) is 0 Å². The Morgan fingerprint density at radius 3 is 2.44 bits per heavy atom. The number of anilines is 3. The molecule has 0 radical (unpaired) electrons. The molecule has 5 rings (SSSR count). The number of hydrogen-bond donors (Lipinski definition) is 1. The van der Waals surface area contributed by atoms with Crippen molar-refractivity contribution in [3.05, 3.63) is 54.7 Å². The lowest BCUT2D eigenvalue weighted by molar-refractivity contribution is 0.0600. The van der Waals surface area contributed by atoms with Gasteiger partial charge in [-0.1, -0.05) is 0 Å². The third-order valence-electron chi connectivity index (χ3n) is 5.41. The van der Waals surface area contributed by atoms with Crippen molar-refractivity contribution in [2.75, 3.05) is 48.8 Å². The Morgan fingerprint density at radius 2 is 1.75 bits per heavy atom. The van der Waals surface area contributed by atoms with Gasteiger partial charge in [-0.15, -0.1) is 0 Å². The van der Waals surface area contributed by atoms with Gasteiger partial charge in [0.1, 0.15) is 12.1 Å². The SMILES string of the molecule is COC(=O)c1ccc(N2CCN(c3nc(N)c4ncn(-c5ccncc5)c4n3)CC2)nc1. The maximum atomic E-state index is 11.6. The molecule has 162 valence electrons. The Morgan fingerprint density at radius 1 is 1.00 bits per heavy atom. The number of rotatable bonds is 4. The summed E-state index contributed by atoms with van der Waals surface area (Å²) in [5.41, 5.74) is 8.75. The van der Waals surface area contributed by atoms with E-state index in [2.05, 4.69) is 29.7 Å². The van der Waals surface area contributed by atoms with Crippen molar-refractivity contribution in [2.24, 2.45) is 0 Å². The van der Waals surface area contributed by atoms with Gasteiger partial charge >= 0.3 is 5.97 Å². The molecule has 0 aliphatic carbocycles. The molecule has 1 aliphatic heterocycles. The van der Waals surface area contributed by atoms with Gasteiger partial charge in [0.05, 0.1) is 18.4 Å². The van der Waals surface area contributed by atoms with Gasteiger partial charge in [0.25, 0.3) is 0 Å². The predicted molar refractivity (Wildman–Crippen MR) is 119 cm³/mol. The lowest BCUT2D eigenvalue weighted by Crippen LogP contribution is -2.47. The Kier molecular flexibility index (Phi) is 4.98. The van der Waals surface area contributed by atoms with Gasteiger partial charge in [-0.05, 0) is 24.3 Å². The van der Waals surface area contributed by atoms with Crippen LogP contribution in [0.5, 0.6) is 0 Å². The first-order valence-electron chi connectivity index (χ1n) is 10.1. The van der Waals surface area contributed by atoms with Crippen LogP contribution >= 0.6 is 0 Å². The lowest BCUT2D eigenvalue weighted by atomic mass is 10.2. The summed E-state index contributed by atoms with van der Waals surface area (Å²) >= 11 is 0. The van der Waals surface area contributed by atoms with Gasteiger partial charge in [0.2, 0.25) is 5.95 Å². The average molecular weight is 431 g/mol. The number of methoxy groups -OCH3 is 1. The Bertz CT molecular complexity index is 1250. The summed E-state index contributed by atoms with van der Waals surface area (Å²) in [6.45, 7) is 2.87. The van der Waals surface area contributed by atoms with Crippen LogP contribution in [0.2, 0.25) is 0 Å². The van der Waals surface area contributed by atoms with Gasteiger partial charge in [-0.25, -0.2) is 14.8 Å². The topological polar surface area (TPSA) is 128 Å². The number of carbonyl (C=O) groups excluding carboxylic acids is 1. The highest BCUT2D eigenvalue weighted by Crippen LogP contribution is 2.24. The number of nitrogen functional groups attached to an aromatic ring is 1. The van der Waals surface area contributed by atoms with E-state index in [-0.39, 0.29) is 0 Å². The van der Waals surface area contributed by atoms with Crippen LogP contribution in [0.3, 0.4) is 0 Å². The van der Waals surface area contributed by atoms with Gasteiger partial charge in [0.15, 0.2) is 17.0 Å². The van der Waals surface area contributed by atoms with E-state index >= 15 is 0 Å². The highest BCUT2D eigenvalue weighted by molar-refractivity contribution is 5.89. The van der Waals surface area contributed by atoms with Crippen LogP contribution in [0.1, 0.15) is 10.4 Å². The number of carbonyl (C=O) groups is 1. The van der Waals surface area contributed by atoms with E-state index in [9.17, 15) is 4.79 Å². The molecule has 0 amide bonds. The Balaban J connectivity index is 1.35. The van der Waals surface area contributed by atoms with Crippen LogP contribution in [0, 0.1) is 0 Å². The normalized spacial score (nSPS) is 14.0. The highest BCUT2D eigenvalue weighted by Gasteiger charge is 2.22. The van der Waals surface area contributed by atoms with Crippen molar-refractivity contribution in [3.8, 4) is 5.69 Å². The number of nitrogens with zero attached hydrogens (tertiary/aromatic N) is 8. The van der Waals surface area contributed by atoms with Crippen LogP contribution in [0.4, 0.5) is 17.6 Å². The summed E-state index contributed by atoms with van der Waals surface area (Å²) in [7, 11) is 1.35. The molecule has 1 aliphatic rings. The molecular formula is C21H21N9O2. The Labute approximate surface area is 183 Å². The van der Waals surface area contributed by atoms with E-state index in [0.29, 0.717) is 41.6 Å². The number of ether oxygens (including phenoxy) is 1. The summed E-state index contributed by atoms with van der Waals surface area (Å²) in [4.78, 5) is 37.9. The molecule has 0 aromatic carbocycles.